The van der Waals surface area contributed by atoms with Gasteiger partial charge in [0.05, 0.1) is 18.8 Å². The maximum absolute atomic E-state index is 12.6. The molecule has 2 heterocycles. The van der Waals surface area contributed by atoms with Crippen molar-refractivity contribution < 1.29 is 14.3 Å². The molecule has 1 atom stereocenters. The van der Waals surface area contributed by atoms with Crippen molar-refractivity contribution in [2.45, 2.75) is 19.4 Å². The molecular formula is C14H16ClNO3. The predicted octanol–water partition coefficient (Wildman–Crippen LogP) is 2.14. The van der Waals surface area contributed by atoms with Gasteiger partial charge in [0.2, 0.25) is 0 Å². The summed E-state index contributed by atoms with van der Waals surface area (Å²) in [6.07, 6.45) is 0.906. The zero-order valence-corrected chi connectivity index (χ0v) is 11.6. The highest BCUT2D eigenvalue weighted by Gasteiger charge is 2.28. The summed E-state index contributed by atoms with van der Waals surface area (Å²) in [5.41, 5.74) is 1.60. The first-order chi connectivity index (χ1) is 9.15. The van der Waals surface area contributed by atoms with Crippen LogP contribution in [0.2, 0.25) is 5.02 Å². The van der Waals surface area contributed by atoms with Crippen molar-refractivity contribution in [2.75, 3.05) is 26.3 Å². The van der Waals surface area contributed by atoms with Gasteiger partial charge in [0, 0.05) is 30.1 Å². The molecule has 2 aliphatic rings. The van der Waals surface area contributed by atoms with E-state index in [0.717, 1.165) is 12.0 Å². The Morgan fingerprint density at radius 3 is 2.84 bits per heavy atom. The van der Waals surface area contributed by atoms with E-state index in [1.54, 1.807) is 11.0 Å². The van der Waals surface area contributed by atoms with Crippen LogP contribution in [0.5, 0.6) is 5.75 Å². The number of carbonyl (C=O) groups is 1. The van der Waals surface area contributed by atoms with E-state index in [4.69, 9.17) is 21.1 Å². The van der Waals surface area contributed by atoms with Gasteiger partial charge in [0.1, 0.15) is 11.9 Å². The van der Waals surface area contributed by atoms with Crippen LogP contribution in [-0.2, 0) is 11.2 Å². The van der Waals surface area contributed by atoms with Gasteiger partial charge in [0.15, 0.2) is 0 Å². The Hall–Kier alpha value is -1.26. The maximum atomic E-state index is 12.6. The molecule has 0 aliphatic carbocycles. The van der Waals surface area contributed by atoms with Gasteiger partial charge < -0.3 is 14.4 Å². The highest BCUT2D eigenvalue weighted by molar-refractivity contribution is 6.31. The van der Waals surface area contributed by atoms with Crippen molar-refractivity contribution in [3.63, 3.8) is 0 Å². The van der Waals surface area contributed by atoms with E-state index in [1.807, 2.05) is 13.0 Å². The summed E-state index contributed by atoms with van der Waals surface area (Å²) in [5, 5.41) is 0.591. The van der Waals surface area contributed by atoms with Gasteiger partial charge in [-0.05, 0) is 19.1 Å². The van der Waals surface area contributed by atoms with E-state index in [9.17, 15) is 4.79 Å². The van der Waals surface area contributed by atoms with Crippen LogP contribution in [0.1, 0.15) is 22.8 Å². The minimum absolute atomic E-state index is 0.0175. The Labute approximate surface area is 117 Å². The Balaban J connectivity index is 1.94. The molecule has 4 nitrogen and oxygen atoms in total. The number of halogens is 1. The van der Waals surface area contributed by atoms with Crippen LogP contribution in [0.4, 0.5) is 0 Å². The smallest absolute Gasteiger partial charge is 0.257 e. The molecule has 0 aromatic heterocycles. The van der Waals surface area contributed by atoms with Gasteiger partial charge in [0.25, 0.3) is 5.91 Å². The van der Waals surface area contributed by atoms with Crippen LogP contribution >= 0.6 is 11.6 Å². The lowest BCUT2D eigenvalue weighted by Gasteiger charge is -2.27. The first kappa shape index (κ1) is 12.8. The number of hydrogen-bond acceptors (Lipinski definition) is 3. The van der Waals surface area contributed by atoms with E-state index in [-0.39, 0.29) is 12.0 Å². The summed E-state index contributed by atoms with van der Waals surface area (Å²) in [7, 11) is 0. The first-order valence-corrected chi connectivity index (χ1v) is 6.89. The summed E-state index contributed by atoms with van der Waals surface area (Å²) < 4.78 is 11.0. The molecular weight excluding hydrogens is 266 g/mol. The van der Waals surface area contributed by atoms with Gasteiger partial charge in [-0.15, -0.1) is 0 Å². The van der Waals surface area contributed by atoms with Crippen molar-refractivity contribution in [1.82, 2.24) is 4.90 Å². The molecule has 0 saturated carbocycles. The van der Waals surface area contributed by atoms with E-state index >= 15 is 0 Å². The fourth-order valence-electron chi connectivity index (χ4n) is 2.59. The summed E-state index contributed by atoms with van der Waals surface area (Å²) >= 11 is 6.11. The average Bonchev–Trinajstić information content (AvgIpc) is 2.78. The largest absolute Gasteiger partial charge is 0.489 e. The highest BCUT2D eigenvalue weighted by Crippen LogP contribution is 2.36. The summed E-state index contributed by atoms with van der Waals surface area (Å²) in [6, 6.07) is 3.59. The second-order valence-electron chi connectivity index (χ2n) is 4.98. The molecule has 1 fully saturated rings. The average molecular weight is 282 g/mol. The number of amides is 1. The summed E-state index contributed by atoms with van der Waals surface area (Å²) in [5.74, 6) is 0.685. The van der Waals surface area contributed by atoms with Gasteiger partial charge >= 0.3 is 0 Å². The normalized spacial score (nSPS) is 22.0. The summed E-state index contributed by atoms with van der Waals surface area (Å²) in [4.78, 5) is 14.3. The third-order valence-corrected chi connectivity index (χ3v) is 3.70. The molecule has 0 N–H and O–H groups in total. The molecule has 0 bridgehead atoms. The first-order valence-electron chi connectivity index (χ1n) is 6.51. The minimum Gasteiger partial charge on any atom is -0.489 e. The Kier molecular flexibility index (Phi) is 3.37. The van der Waals surface area contributed by atoms with Crippen LogP contribution in [0.15, 0.2) is 12.1 Å². The molecule has 0 unspecified atom stereocenters. The number of carbonyl (C=O) groups excluding carboxylic acids is 1. The van der Waals surface area contributed by atoms with Crippen LogP contribution in [-0.4, -0.2) is 43.2 Å². The van der Waals surface area contributed by atoms with Crippen molar-refractivity contribution in [1.29, 1.82) is 0 Å². The molecule has 2 aliphatic heterocycles. The fourth-order valence-corrected chi connectivity index (χ4v) is 2.83. The molecule has 1 aromatic rings. The number of fused-ring (bicyclic) bond motifs is 1. The van der Waals surface area contributed by atoms with Crippen molar-refractivity contribution >= 4 is 17.5 Å². The van der Waals surface area contributed by atoms with Gasteiger partial charge in [-0.1, -0.05) is 11.6 Å². The topological polar surface area (TPSA) is 38.8 Å². The lowest BCUT2D eigenvalue weighted by Crippen LogP contribution is -2.40. The number of morpholine rings is 1. The zero-order valence-electron chi connectivity index (χ0n) is 10.8. The monoisotopic (exact) mass is 281 g/mol. The van der Waals surface area contributed by atoms with E-state index in [1.165, 1.54) is 0 Å². The lowest BCUT2D eigenvalue weighted by atomic mass is 10.1. The third-order valence-electron chi connectivity index (χ3n) is 3.49. The number of hydrogen-bond donors (Lipinski definition) is 0. The second-order valence-corrected chi connectivity index (χ2v) is 5.42. The molecule has 1 aromatic carbocycles. The van der Waals surface area contributed by atoms with Crippen LogP contribution in [0.25, 0.3) is 0 Å². The van der Waals surface area contributed by atoms with Gasteiger partial charge in [-0.2, -0.15) is 0 Å². The number of ether oxygens (including phenoxy) is 2. The molecule has 0 radical (unpaired) electrons. The molecule has 0 spiro atoms. The fraction of sp³-hybridized carbons (Fsp3) is 0.500. The Bertz CT molecular complexity index is 512. The van der Waals surface area contributed by atoms with Gasteiger partial charge in [-0.25, -0.2) is 0 Å². The van der Waals surface area contributed by atoms with Crippen LogP contribution in [0.3, 0.4) is 0 Å². The van der Waals surface area contributed by atoms with E-state index in [0.29, 0.717) is 42.6 Å². The quantitative estimate of drug-likeness (QED) is 0.792. The van der Waals surface area contributed by atoms with Crippen LogP contribution in [0, 0.1) is 0 Å². The molecule has 3 rings (SSSR count). The zero-order chi connectivity index (χ0) is 13.4. The summed E-state index contributed by atoms with van der Waals surface area (Å²) in [6.45, 7) is 4.42. The maximum Gasteiger partial charge on any atom is 0.257 e. The standard InChI is InChI=1S/C14H16ClNO3/c1-9-6-10-7-11(15)8-12(13(10)19-9)14(17)16-2-4-18-5-3-16/h7-9H,2-6H2,1H3/t9-/m0/s1. The minimum atomic E-state index is -0.0175. The molecule has 1 saturated heterocycles. The number of benzene rings is 1. The van der Waals surface area contributed by atoms with Gasteiger partial charge in [-0.3, -0.25) is 4.79 Å². The highest BCUT2D eigenvalue weighted by atomic mass is 35.5. The Morgan fingerprint density at radius 1 is 1.37 bits per heavy atom. The van der Waals surface area contributed by atoms with Crippen molar-refractivity contribution in [2.24, 2.45) is 0 Å². The van der Waals surface area contributed by atoms with E-state index in [2.05, 4.69) is 0 Å². The SMILES string of the molecule is C[C@H]1Cc2cc(Cl)cc(C(=O)N3CCOCC3)c2O1. The lowest BCUT2D eigenvalue weighted by molar-refractivity contribution is 0.0300. The third kappa shape index (κ3) is 2.42. The molecule has 1 amide bonds. The second kappa shape index (κ2) is 5.02. The van der Waals surface area contributed by atoms with Crippen molar-refractivity contribution in [3.8, 4) is 5.75 Å². The molecule has 19 heavy (non-hydrogen) atoms. The predicted molar refractivity (Wildman–Crippen MR) is 72.0 cm³/mol. The Morgan fingerprint density at radius 2 is 2.11 bits per heavy atom. The van der Waals surface area contributed by atoms with Crippen molar-refractivity contribution in [3.05, 3.63) is 28.3 Å². The number of nitrogens with zero attached hydrogens (tertiary/aromatic N) is 1. The van der Waals surface area contributed by atoms with E-state index < -0.39 is 0 Å². The number of rotatable bonds is 1. The molecule has 5 heteroatoms. The molecule has 102 valence electrons. The van der Waals surface area contributed by atoms with Crippen LogP contribution < -0.4 is 4.74 Å².